The minimum absolute atomic E-state index is 0.0967. The van der Waals surface area contributed by atoms with Crippen molar-refractivity contribution in [1.29, 1.82) is 0 Å². The molecular formula is C15H23NO3. The van der Waals surface area contributed by atoms with Crippen molar-refractivity contribution in [3.05, 3.63) is 18.4 Å². The highest BCUT2D eigenvalue weighted by atomic mass is 16.5. The van der Waals surface area contributed by atoms with Gasteiger partial charge < -0.3 is 14.3 Å². The molecule has 2 fully saturated rings. The first-order valence-corrected chi connectivity index (χ1v) is 7.54. The maximum atomic E-state index is 9.50. The Labute approximate surface area is 114 Å². The molecule has 19 heavy (non-hydrogen) atoms. The average molecular weight is 265 g/mol. The standard InChI is InChI=1S/C15H23NO3/c17-12-3-7-14(8-4-12)19-13-5-1-11(2-6-13)15-16-9-10-18-15/h9-14,17H,1-8H2. The van der Waals surface area contributed by atoms with Gasteiger partial charge in [0.05, 0.1) is 24.5 Å². The summed E-state index contributed by atoms with van der Waals surface area (Å²) >= 11 is 0. The average Bonchev–Trinajstić information content (AvgIpc) is 2.96. The maximum Gasteiger partial charge on any atom is 0.197 e. The second-order valence-corrected chi connectivity index (χ2v) is 5.91. The normalized spacial score (nSPS) is 36.3. The van der Waals surface area contributed by atoms with Crippen LogP contribution in [-0.4, -0.2) is 28.4 Å². The van der Waals surface area contributed by atoms with Crippen LogP contribution in [0, 0.1) is 0 Å². The molecule has 3 rings (SSSR count). The smallest absolute Gasteiger partial charge is 0.197 e. The lowest BCUT2D eigenvalue weighted by Crippen LogP contribution is -2.30. The number of oxazole rings is 1. The molecule has 1 heterocycles. The summed E-state index contributed by atoms with van der Waals surface area (Å²) in [6.45, 7) is 0. The van der Waals surface area contributed by atoms with Gasteiger partial charge >= 0.3 is 0 Å². The lowest BCUT2D eigenvalue weighted by Gasteiger charge is -2.33. The predicted octanol–water partition coefficient (Wildman–Crippen LogP) is 3.02. The highest BCUT2D eigenvalue weighted by molar-refractivity contribution is 4.94. The van der Waals surface area contributed by atoms with E-state index < -0.39 is 0 Å². The lowest BCUT2D eigenvalue weighted by molar-refractivity contribution is -0.0625. The molecule has 2 aliphatic rings. The fourth-order valence-corrected chi connectivity index (χ4v) is 3.34. The number of aliphatic hydroxyl groups is 1. The molecule has 0 radical (unpaired) electrons. The van der Waals surface area contributed by atoms with Crippen LogP contribution >= 0.6 is 0 Å². The fraction of sp³-hybridized carbons (Fsp3) is 0.800. The second-order valence-electron chi connectivity index (χ2n) is 5.91. The number of nitrogens with zero attached hydrogens (tertiary/aromatic N) is 1. The van der Waals surface area contributed by atoms with Crippen LogP contribution in [0.2, 0.25) is 0 Å². The molecule has 2 saturated carbocycles. The fourth-order valence-electron chi connectivity index (χ4n) is 3.34. The highest BCUT2D eigenvalue weighted by Gasteiger charge is 2.28. The van der Waals surface area contributed by atoms with Crippen LogP contribution in [0.25, 0.3) is 0 Å². The Morgan fingerprint density at radius 2 is 1.63 bits per heavy atom. The monoisotopic (exact) mass is 265 g/mol. The van der Waals surface area contributed by atoms with Crippen molar-refractivity contribution in [2.24, 2.45) is 0 Å². The first kappa shape index (κ1) is 13.1. The first-order chi connectivity index (χ1) is 9.31. The molecule has 4 heteroatoms. The molecule has 2 aliphatic carbocycles. The topological polar surface area (TPSA) is 55.5 Å². The molecule has 0 aliphatic heterocycles. The largest absolute Gasteiger partial charge is 0.449 e. The number of aliphatic hydroxyl groups excluding tert-OH is 1. The van der Waals surface area contributed by atoms with Crippen LogP contribution < -0.4 is 0 Å². The molecular weight excluding hydrogens is 242 g/mol. The summed E-state index contributed by atoms with van der Waals surface area (Å²) < 4.78 is 11.6. The van der Waals surface area contributed by atoms with Crippen LogP contribution in [0.15, 0.2) is 16.9 Å². The van der Waals surface area contributed by atoms with E-state index in [0.29, 0.717) is 18.1 Å². The molecule has 0 amide bonds. The maximum absolute atomic E-state index is 9.50. The third-order valence-corrected chi connectivity index (χ3v) is 4.50. The van der Waals surface area contributed by atoms with Gasteiger partial charge in [-0.15, -0.1) is 0 Å². The molecule has 0 spiro atoms. The number of aromatic nitrogens is 1. The number of hydrogen-bond donors (Lipinski definition) is 1. The Bertz CT molecular complexity index is 363. The van der Waals surface area contributed by atoms with Gasteiger partial charge in [-0.25, -0.2) is 4.98 Å². The Morgan fingerprint density at radius 3 is 2.21 bits per heavy atom. The molecule has 0 saturated heterocycles. The van der Waals surface area contributed by atoms with Gasteiger partial charge in [0.2, 0.25) is 0 Å². The summed E-state index contributed by atoms with van der Waals surface area (Å²) in [7, 11) is 0. The molecule has 106 valence electrons. The van der Waals surface area contributed by atoms with E-state index >= 15 is 0 Å². The van der Waals surface area contributed by atoms with Crippen LogP contribution in [0.1, 0.15) is 63.2 Å². The van der Waals surface area contributed by atoms with E-state index in [2.05, 4.69) is 4.98 Å². The summed E-state index contributed by atoms with van der Waals surface area (Å²) in [5.74, 6) is 1.36. The summed E-state index contributed by atoms with van der Waals surface area (Å²) in [5.41, 5.74) is 0. The van der Waals surface area contributed by atoms with Crippen molar-refractivity contribution in [2.45, 2.75) is 75.6 Å². The number of hydrogen-bond acceptors (Lipinski definition) is 4. The van der Waals surface area contributed by atoms with Crippen LogP contribution in [0.4, 0.5) is 0 Å². The van der Waals surface area contributed by atoms with Crippen molar-refractivity contribution in [3.63, 3.8) is 0 Å². The first-order valence-electron chi connectivity index (χ1n) is 7.54. The van der Waals surface area contributed by atoms with E-state index in [9.17, 15) is 5.11 Å². The van der Waals surface area contributed by atoms with E-state index in [1.807, 2.05) is 0 Å². The van der Waals surface area contributed by atoms with Gasteiger partial charge in [-0.3, -0.25) is 0 Å². The Hall–Kier alpha value is -0.870. The molecule has 0 aromatic carbocycles. The van der Waals surface area contributed by atoms with Crippen LogP contribution in [0.5, 0.6) is 0 Å². The number of rotatable bonds is 3. The molecule has 0 atom stereocenters. The lowest BCUT2D eigenvalue weighted by atomic mass is 9.87. The van der Waals surface area contributed by atoms with Crippen molar-refractivity contribution in [2.75, 3.05) is 0 Å². The molecule has 1 aromatic heterocycles. The van der Waals surface area contributed by atoms with Crippen molar-refractivity contribution >= 4 is 0 Å². The van der Waals surface area contributed by atoms with Gasteiger partial charge in [0.15, 0.2) is 5.89 Å². The molecule has 1 N–H and O–H groups in total. The third-order valence-electron chi connectivity index (χ3n) is 4.50. The van der Waals surface area contributed by atoms with E-state index in [1.165, 1.54) is 0 Å². The quantitative estimate of drug-likeness (QED) is 0.912. The zero-order chi connectivity index (χ0) is 13.1. The van der Waals surface area contributed by atoms with Gasteiger partial charge in [0, 0.05) is 5.92 Å². The predicted molar refractivity (Wildman–Crippen MR) is 70.8 cm³/mol. The SMILES string of the molecule is OC1CCC(OC2CCC(c3ncco3)CC2)CC1. The van der Waals surface area contributed by atoms with E-state index in [0.717, 1.165) is 57.3 Å². The Balaban J connectivity index is 1.43. The zero-order valence-corrected chi connectivity index (χ0v) is 11.3. The van der Waals surface area contributed by atoms with Crippen molar-refractivity contribution in [1.82, 2.24) is 4.98 Å². The summed E-state index contributed by atoms with van der Waals surface area (Å²) in [6.07, 6.45) is 12.3. The third kappa shape index (κ3) is 3.37. The summed E-state index contributed by atoms with van der Waals surface area (Å²) in [4.78, 5) is 4.25. The molecule has 0 bridgehead atoms. The minimum Gasteiger partial charge on any atom is -0.449 e. The number of ether oxygens (including phenoxy) is 1. The zero-order valence-electron chi connectivity index (χ0n) is 11.3. The molecule has 1 aromatic rings. The Kier molecular flexibility index (Phi) is 4.18. The van der Waals surface area contributed by atoms with E-state index in [4.69, 9.17) is 9.15 Å². The summed E-state index contributed by atoms with van der Waals surface area (Å²) in [6, 6.07) is 0. The van der Waals surface area contributed by atoms with Gasteiger partial charge in [-0.2, -0.15) is 0 Å². The van der Waals surface area contributed by atoms with Crippen molar-refractivity contribution in [3.8, 4) is 0 Å². The van der Waals surface area contributed by atoms with Gasteiger partial charge in [0.25, 0.3) is 0 Å². The molecule has 0 unspecified atom stereocenters. The van der Waals surface area contributed by atoms with Crippen molar-refractivity contribution < 1.29 is 14.3 Å². The summed E-state index contributed by atoms with van der Waals surface area (Å²) in [5, 5.41) is 9.50. The van der Waals surface area contributed by atoms with Gasteiger partial charge in [-0.1, -0.05) is 0 Å². The molecule has 4 nitrogen and oxygen atoms in total. The minimum atomic E-state index is -0.0967. The Morgan fingerprint density at radius 1 is 1.00 bits per heavy atom. The van der Waals surface area contributed by atoms with Crippen LogP contribution in [0.3, 0.4) is 0 Å². The van der Waals surface area contributed by atoms with E-state index in [-0.39, 0.29) is 6.10 Å². The van der Waals surface area contributed by atoms with Gasteiger partial charge in [0.1, 0.15) is 6.26 Å². The second kappa shape index (κ2) is 6.06. The van der Waals surface area contributed by atoms with Crippen LogP contribution in [-0.2, 0) is 4.74 Å². The van der Waals surface area contributed by atoms with Gasteiger partial charge in [-0.05, 0) is 51.4 Å². The van der Waals surface area contributed by atoms with E-state index in [1.54, 1.807) is 12.5 Å². The highest BCUT2D eigenvalue weighted by Crippen LogP contribution is 2.34.